The molecule has 0 radical (unpaired) electrons. The second-order valence-electron chi connectivity index (χ2n) is 9.48. The number of urea groups is 1. The van der Waals surface area contributed by atoms with Gasteiger partial charge in [-0.1, -0.05) is 12.1 Å². The first-order chi connectivity index (χ1) is 18.3. The molecule has 11 heteroatoms. The normalized spacial score (nSPS) is 14.5. The number of anilines is 2. The zero-order valence-electron chi connectivity index (χ0n) is 22.0. The summed E-state index contributed by atoms with van der Waals surface area (Å²) in [5.41, 5.74) is 1.06. The number of methoxy groups -OCH3 is 1. The van der Waals surface area contributed by atoms with Crippen LogP contribution >= 0.6 is 0 Å². The Bertz CT molecular complexity index is 1440. The number of amides is 2. The van der Waals surface area contributed by atoms with Crippen LogP contribution in [-0.2, 0) is 17.8 Å². The Morgan fingerprint density at radius 3 is 2.29 bits per heavy atom. The summed E-state index contributed by atoms with van der Waals surface area (Å²) < 4.78 is 7.94. The number of benzene rings is 2. The van der Waals surface area contributed by atoms with E-state index in [1.165, 1.54) is 18.6 Å². The Morgan fingerprint density at radius 2 is 1.61 bits per heavy atom. The van der Waals surface area contributed by atoms with Crippen molar-refractivity contribution < 1.29 is 14.3 Å². The number of fused-ring (bicyclic) bond motifs is 1. The Kier molecular flexibility index (Phi) is 8.72. The zero-order chi connectivity index (χ0) is 27.2. The number of hydrogen-bond acceptors (Lipinski definition) is 7. The summed E-state index contributed by atoms with van der Waals surface area (Å²) in [6.45, 7) is 6.72. The number of rotatable bonds is 9. The van der Waals surface area contributed by atoms with E-state index in [-0.39, 0.29) is 24.6 Å². The van der Waals surface area contributed by atoms with Gasteiger partial charge in [0.1, 0.15) is 0 Å². The number of carbonyl (C=O) groups excluding carboxylic acids is 2. The van der Waals surface area contributed by atoms with Gasteiger partial charge in [-0.05, 0) is 44.3 Å². The predicted molar refractivity (Wildman–Crippen MR) is 147 cm³/mol. The monoisotopic (exact) mass is 522 g/mol. The van der Waals surface area contributed by atoms with E-state index >= 15 is 0 Å². The van der Waals surface area contributed by atoms with Crippen LogP contribution in [0.4, 0.5) is 16.2 Å². The third-order valence-electron chi connectivity index (χ3n) is 6.76. The number of aromatic nitrogens is 2. The number of hydrogen-bond donors (Lipinski definition) is 2. The fourth-order valence-electron chi connectivity index (χ4n) is 4.52. The van der Waals surface area contributed by atoms with Crippen LogP contribution in [0.2, 0.25) is 0 Å². The molecule has 4 rings (SSSR count). The highest BCUT2D eigenvalue weighted by Gasteiger charge is 2.17. The first-order valence-corrected chi connectivity index (χ1v) is 12.6. The highest BCUT2D eigenvalue weighted by atomic mass is 16.5. The number of ether oxygens (including phenoxy) is 1. The molecule has 202 valence electrons. The lowest BCUT2D eigenvalue weighted by atomic mass is 10.1. The lowest BCUT2D eigenvalue weighted by Gasteiger charge is -2.32. The third-order valence-corrected chi connectivity index (χ3v) is 6.76. The molecule has 1 aromatic heterocycles. The molecule has 1 saturated heterocycles. The minimum Gasteiger partial charge on any atom is -0.383 e. The highest BCUT2D eigenvalue weighted by molar-refractivity contribution is 6.02. The van der Waals surface area contributed by atoms with Gasteiger partial charge < -0.3 is 20.3 Å². The second kappa shape index (κ2) is 12.2. The van der Waals surface area contributed by atoms with Crippen molar-refractivity contribution in [2.24, 2.45) is 0 Å². The van der Waals surface area contributed by atoms with Gasteiger partial charge in [0.2, 0.25) is 0 Å². The summed E-state index contributed by atoms with van der Waals surface area (Å²) >= 11 is 0. The van der Waals surface area contributed by atoms with Gasteiger partial charge in [0, 0.05) is 63.3 Å². The van der Waals surface area contributed by atoms with E-state index in [9.17, 15) is 19.2 Å². The SMILES string of the molecule is COCCn1c(=O)c2cc(NC(=O)Nc3cccc(C(C)=O)c3)ccc2n(CCN2CCN(C)CC2)c1=O. The standard InChI is InChI=1S/C27H34N6O5/c1-19(34)20-5-4-6-21(17-20)28-26(36)29-22-7-8-24-23(18-22)25(35)33(15-16-38-3)27(37)32(24)14-13-31-11-9-30(2)10-12-31/h4-8,17-18H,9-16H2,1-3H3,(H2,28,29,36). The molecule has 0 saturated carbocycles. The Hall–Kier alpha value is -3.80. The number of piperazine rings is 1. The maximum absolute atomic E-state index is 13.3. The molecular formula is C27H34N6O5. The van der Waals surface area contributed by atoms with Gasteiger partial charge in [-0.15, -0.1) is 0 Å². The van der Waals surface area contributed by atoms with Gasteiger partial charge in [-0.3, -0.25) is 23.6 Å². The van der Waals surface area contributed by atoms with Gasteiger partial charge >= 0.3 is 11.7 Å². The summed E-state index contributed by atoms with van der Waals surface area (Å²) in [6.07, 6.45) is 0. The second-order valence-corrected chi connectivity index (χ2v) is 9.48. The van der Waals surface area contributed by atoms with E-state index in [1.807, 2.05) is 0 Å². The summed E-state index contributed by atoms with van der Waals surface area (Å²) in [7, 11) is 3.61. The number of carbonyl (C=O) groups is 2. The molecule has 11 nitrogen and oxygen atoms in total. The first kappa shape index (κ1) is 27.2. The lowest BCUT2D eigenvalue weighted by molar-refractivity contribution is 0.101. The fourth-order valence-corrected chi connectivity index (χ4v) is 4.52. The quantitative estimate of drug-likeness (QED) is 0.412. The number of nitrogens with one attached hydrogen (secondary N) is 2. The van der Waals surface area contributed by atoms with Gasteiger partial charge in [0.05, 0.1) is 24.1 Å². The van der Waals surface area contributed by atoms with E-state index in [4.69, 9.17) is 4.74 Å². The molecule has 0 atom stereocenters. The molecule has 1 fully saturated rings. The molecule has 0 spiro atoms. The number of Topliss-reactive ketones (excluding diaryl/α,β-unsaturated/α-hetero) is 1. The Morgan fingerprint density at radius 1 is 0.895 bits per heavy atom. The molecule has 2 N–H and O–H groups in total. The van der Waals surface area contributed by atoms with Crippen molar-refractivity contribution in [1.29, 1.82) is 0 Å². The molecule has 2 heterocycles. The molecule has 0 aliphatic carbocycles. The van der Waals surface area contributed by atoms with Gasteiger partial charge in [-0.25, -0.2) is 9.59 Å². The van der Waals surface area contributed by atoms with Crippen molar-refractivity contribution in [1.82, 2.24) is 18.9 Å². The number of ketones is 1. The summed E-state index contributed by atoms with van der Waals surface area (Å²) in [5, 5.41) is 5.77. The molecule has 1 aliphatic rings. The Balaban J connectivity index is 1.60. The molecule has 38 heavy (non-hydrogen) atoms. The van der Waals surface area contributed by atoms with Crippen molar-refractivity contribution in [3.63, 3.8) is 0 Å². The lowest BCUT2D eigenvalue weighted by Crippen LogP contribution is -2.47. The van der Waals surface area contributed by atoms with Crippen LogP contribution < -0.4 is 21.9 Å². The predicted octanol–water partition coefficient (Wildman–Crippen LogP) is 1.90. The minimum atomic E-state index is -0.520. The van der Waals surface area contributed by atoms with Gasteiger partial charge in [0.25, 0.3) is 5.56 Å². The van der Waals surface area contributed by atoms with Crippen molar-refractivity contribution in [3.8, 4) is 0 Å². The molecule has 0 bridgehead atoms. The van der Waals surface area contributed by atoms with E-state index in [2.05, 4.69) is 27.5 Å². The van der Waals surface area contributed by atoms with Crippen LogP contribution in [0.5, 0.6) is 0 Å². The maximum atomic E-state index is 13.3. The van der Waals surface area contributed by atoms with Crippen molar-refractivity contribution in [2.75, 3.05) is 64.1 Å². The van der Waals surface area contributed by atoms with Gasteiger partial charge in [0.15, 0.2) is 5.78 Å². The van der Waals surface area contributed by atoms with Crippen molar-refractivity contribution in [2.45, 2.75) is 20.0 Å². The zero-order valence-corrected chi connectivity index (χ0v) is 22.0. The number of likely N-dealkylation sites (N-methyl/N-ethyl adjacent to an activating group) is 1. The van der Waals surface area contributed by atoms with Crippen molar-refractivity contribution in [3.05, 3.63) is 68.9 Å². The average molecular weight is 523 g/mol. The van der Waals surface area contributed by atoms with E-state index in [0.717, 1.165) is 26.2 Å². The summed E-state index contributed by atoms with van der Waals surface area (Å²) in [5.74, 6) is -0.105. The minimum absolute atomic E-state index is 0.105. The van der Waals surface area contributed by atoms with Crippen LogP contribution in [-0.4, -0.2) is 84.2 Å². The molecular weight excluding hydrogens is 488 g/mol. The molecule has 2 amide bonds. The van der Waals surface area contributed by atoms with Crippen LogP contribution in [0.15, 0.2) is 52.1 Å². The van der Waals surface area contributed by atoms with Crippen LogP contribution in [0.1, 0.15) is 17.3 Å². The molecule has 0 unspecified atom stereocenters. The van der Waals surface area contributed by atoms with Crippen molar-refractivity contribution >= 4 is 34.1 Å². The molecule has 1 aliphatic heterocycles. The highest BCUT2D eigenvalue weighted by Crippen LogP contribution is 2.17. The summed E-state index contributed by atoms with van der Waals surface area (Å²) in [6, 6.07) is 11.0. The van der Waals surface area contributed by atoms with E-state index in [0.29, 0.717) is 40.9 Å². The Labute approximate surface area is 220 Å². The fraction of sp³-hybridized carbons (Fsp3) is 0.407. The average Bonchev–Trinajstić information content (AvgIpc) is 2.90. The van der Waals surface area contributed by atoms with Gasteiger partial charge in [-0.2, -0.15) is 0 Å². The maximum Gasteiger partial charge on any atom is 0.331 e. The number of nitrogens with zero attached hydrogens (tertiary/aromatic N) is 4. The third kappa shape index (κ3) is 6.36. The van der Waals surface area contributed by atoms with Crippen LogP contribution in [0.25, 0.3) is 10.9 Å². The van der Waals surface area contributed by atoms with Crippen LogP contribution in [0.3, 0.4) is 0 Å². The van der Waals surface area contributed by atoms with Crippen LogP contribution in [0, 0.1) is 0 Å². The first-order valence-electron chi connectivity index (χ1n) is 12.6. The molecule has 3 aromatic rings. The van der Waals surface area contributed by atoms with E-state index < -0.39 is 11.6 Å². The largest absolute Gasteiger partial charge is 0.383 e. The molecule has 2 aromatic carbocycles. The smallest absolute Gasteiger partial charge is 0.331 e. The summed E-state index contributed by atoms with van der Waals surface area (Å²) in [4.78, 5) is 55.5. The van der Waals surface area contributed by atoms with E-state index in [1.54, 1.807) is 47.0 Å². The topological polar surface area (TPSA) is 118 Å².